The highest BCUT2D eigenvalue weighted by Gasteiger charge is 2.45. The molecule has 1 aliphatic heterocycles. The highest BCUT2D eigenvalue weighted by molar-refractivity contribution is 7.90. The number of sulfone groups is 1. The van der Waals surface area contributed by atoms with Gasteiger partial charge < -0.3 is 10.2 Å². The summed E-state index contributed by atoms with van der Waals surface area (Å²) in [5.74, 6) is -0.586. The number of carbonyl (C=O) groups is 2. The molecule has 1 N–H and O–H groups in total. The number of fused-ring (bicyclic) bond motifs is 1. The number of hydrogen-bond donors (Lipinski definition) is 1. The fourth-order valence-corrected chi connectivity index (χ4v) is 5.79. The summed E-state index contributed by atoms with van der Waals surface area (Å²) in [6.07, 6.45) is 1.11. The second-order valence-electron chi connectivity index (χ2n) is 9.17. The van der Waals surface area contributed by atoms with Gasteiger partial charge in [0.1, 0.15) is 6.04 Å². The van der Waals surface area contributed by atoms with Gasteiger partial charge in [-0.25, -0.2) is 8.42 Å². The van der Waals surface area contributed by atoms with Crippen LogP contribution < -0.4 is 5.32 Å². The van der Waals surface area contributed by atoms with Crippen LogP contribution in [0.2, 0.25) is 5.02 Å². The van der Waals surface area contributed by atoms with E-state index in [1.54, 1.807) is 29.2 Å². The van der Waals surface area contributed by atoms with Gasteiger partial charge in [0.25, 0.3) is 5.91 Å². The van der Waals surface area contributed by atoms with E-state index in [1.165, 1.54) is 12.1 Å². The van der Waals surface area contributed by atoms with E-state index in [-0.39, 0.29) is 28.3 Å². The number of hydrogen-bond acceptors (Lipinski definition) is 4. The van der Waals surface area contributed by atoms with E-state index in [4.69, 9.17) is 11.6 Å². The Hall–Kier alpha value is -3.94. The van der Waals surface area contributed by atoms with Crippen molar-refractivity contribution in [3.05, 3.63) is 136 Å². The van der Waals surface area contributed by atoms with Gasteiger partial charge >= 0.3 is 0 Å². The summed E-state index contributed by atoms with van der Waals surface area (Å²) >= 11 is 6.34. The molecule has 1 heterocycles. The summed E-state index contributed by atoms with van der Waals surface area (Å²) in [4.78, 5) is 29.4. The molecule has 6 nitrogen and oxygen atoms in total. The van der Waals surface area contributed by atoms with Gasteiger partial charge in [-0.15, -0.1) is 0 Å². The zero-order chi connectivity index (χ0) is 26.9. The van der Waals surface area contributed by atoms with E-state index in [0.717, 1.165) is 17.4 Å². The number of amides is 2. The lowest BCUT2D eigenvalue weighted by atomic mass is 9.95. The molecule has 4 aromatic rings. The van der Waals surface area contributed by atoms with Crippen molar-refractivity contribution in [3.8, 4) is 0 Å². The van der Waals surface area contributed by atoms with Crippen molar-refractivity contribution in [2.75, 3.05) is 6.26 Å². The Balaban J connectivity index is 1.52. The average Bonchev–Trinajstić information content (AvgIpc) is 3.21. The van der Waals surface area contributed by atoms with Crippen LogP contribution >= 0.6 is 11.6 Å². The van der Waals surface area contributed by atoms with Crippen molar-refractivity contribution in [1.29, 1.82) is 0 Å². The normalized spacial score (nSPS) is 15.0. The summed E-state index contributed by atoms with van der Waals surface area (Å²) in [5.41, 5.74) is 3.46. The third-order valence-electron chi connectivity index (χ3n) is 6.66. The average molecular weight is 545 g/mol. The van der Waals surface area contributed by atoms with Crippen LogP contribution in [0, 0.1) is 0 Å². The molecule has 1 atom stereocenters. The molecule has 0 bridgehead atoms. The van der Waals surface area contributed by atoms with Crippen molar-refractivity contribution in [3.63, 3.8) is 0 Å². The number of nitrogens with one attached hydrogen (secondary N) is 1. The molecule has 0 aliphatic carbocycles. The van der Waals surface area contributed by atoms with Crippen molar-refractivity contribution in [2.24, 2.45) is 0 Å². The van der Waals surface area contributed by atoms with Crippen LogP contribution in [0.5, 0.6) is 0 Å². The molecular formula is C30H25ClN2O4S. The first kappa shape index (κ1) is 25.7. The Morgan fingerprint density at radius 3 is 2.05 bits per heavy atom. The summed E-state index contributed by atoms with van der Waals surface area (Å²) < 4.78 is 23.7. The molecule has 38 heavy (non-hydrogen) atoms. The van der Waals surface area contributed by atoms with Crippen LogP contribution in [0.1, 0.15) is 44.7 Å². The van der Waals surface area contributed by atoms with E-state index in [0.29, 0.717) is 16.7 Å². The third kappa shape index (κ3) is 4.95. The van der Waals surface area contributed by atoms with E-state index in [1.807, 2.05) is 66.7 Å². The first-order valence-electron chi connectivity index (χ1n) is 12.0. The fourth-order valence-electron chi connectivity index (χ4n) is 4.84. The van der Waals surface area contributed by atoms with E-state index < -0.39 is 21.9 Å². The predicted octanol–water partition coefficient (Wildman–Crippen LogP) is 5.35. The Morgan fingerprint density at radius 2 is 1.47 bits per heavy atom. The van der Waals surface area contributed by atoms with Crippen LogP contribution in [-0.4, -0.2) is 31.4 Å². The van der Waals surface area contributed by atoms with Gasteiger partial charge in [-0.1, -0.05) is 96.5 Å². The quantitative estimate of drug-likeness (QED) is 0.340. The van der Waals surface area contributed by atoms with Crippen LogP contribution in [0.3, 0.4) is 0 Å². The van der Waals surface area contributed by atoms with Gasteiger partial charge in [0.15, 0.2) is 9.84 Å². The molecule has 8 heteroatoms. The first-order valence-corrected chi connectivity index (χ1v) is 14.3. The number of rotatable bonds is 7. The molecule has 1 aliphatic rings. The van der Waals surface area contributed by atoms with E-state index in [2.05, 4.69) is 5.32 Å². The van der Waals surface area contributed by atoms with Gasteiger partial charge in [-0.3, -0.25) is 9.59 Å². The van der Waals surface area contributed by atoms with E-state index >= 15 is 0 Å². The highest BCUT2D eigenvalue weighted by atomic mass is 35.5. The number of carbonyl (C=O) groups excluding carboxylic acids is 2. The fraction of sp³-hybridized carbons (Fsp3) is 0.133. The molecule has 5 rings (SSSR count). The lowest BCUT2D eigenvalue weighted by molar-refractivity contribution is -0.126. The van der Waals surface area contributed by atoms with Crippen LogP contribution in [0.25, 0.3) is 0 Å². The topological polar surface area (TPSA) is 83.5 Å². The van der Waals surface area contributed by atoms with Crippen LogP contribution in [-0.2, 0) is 21.2 Å². The molecule has 0 saturated heterocycles. The van der Waals surface area contributed by atoms with Gasteiger partial charge in [0, 0.05) is 23.4 Å². The minimum absolute atomic E-state index is 0.0732. The summed E-state index contributed by atoms with van der Waals surface area (Å²) in [7, 11) is -3.41. The second kappa shape index (κ2) is 10.4. The van der Waals surface area contributed by atoms with Crippen LogP contribution in [0.4, 0.5) is 0 Å². The lowest BCUT2D eigenvalue weighted by Crippen LogP contribution is -2.41. The molecule has 2 amide bonds. The zero-order valence-electron chi connectivity index (χ0n) is 20.5. The Morgan fingerprint density at radius 1 is 0.895 bits per heavy atom. The van der Waals surface area contributed by atoms with Gasteiger partial charge in [0.05, 0.1) is 10.9 Å². The monoisotopic (exact) mass is 544 g/mol. The standard InChI is InChI=1S/C30H25ClN2O4S/c1-38(36,37)23-17-16-22(26(31)18-23)19-32-29(34)28-24-14-8-9-15-25(24)30(35)33(28)27(20-10-4-2-5-11-20)21-12-6-3-7-13-21/h2-18,27-28H,19H2,1H3,(H,32,34). The molecule has 0 radical (unpaired) electrons. The van der Waals surface area contributed by atoms with Crippen LogP contribution in [0.15, 0.2) is 108 Å². The first-order chi connectivity index (χ1) is 18.3. The minimum atomic E-state index is -3.41. The minimum Gasteiger partial charge on any atom is -0.350 e. The molecule has 0 fully saturated rings. The Kier molecular flexibility index (Phi) is 7.06. The maximum absolute atomic E-state index is 13.8. The molecule has 4 aromatic carbocycles. The maximum Gasteiger partial charge on any atom is 0.255 e. The van der Waals surface area contributed by atoms with Crippen molar-refractivity contribution in [2.45, 2.75) is 23.5 Å². The van der Waals surface area contributed by atoms with Crippen molar-refractivity contribution >= 4 is 33.3 Å². The van der Waals surface area contributed by atoms with E-state index in [9.17, 15) is 18.0 Å². The highest BCUT2D eigenvalue weighted by Crippen LogP contribution is 2.42. The second-order valence-corrected chi connectivity index (χ2v) is 11.6. The number of benzene rings is 4. The molecule has 0 saturated carbocycles. The van der Waals surface area contributed by atoms with Gasteiger partial charge in [-0.05, 0) is 40.5 Å². The molecular weight excluding hydrogens is 520 g/mol. The summed E-state index contributed by atoms with van der Waals surface area (Å²) in [6, 6.07) is 29.5. The smallest absolute Gasteiger partial charge is 0.255 e. The van der Waals surface area contributed by atoms with Gasteiger partial charge in [0.2, 0.25) is 5.91 Å². The Labute approximate surface area is 226 Å². The zero-order valence-corrected chi connectivity index (χ0v) is 22.1. The Bertz CT molecular complexity index is 1570. The number of halogens is 1. The summed E-state index contributed by atoms with van der Waals surface area (Å²) in [6.45, 7) is 0.0732. The molecule has 1 unspecified atom stereocenters. The lowest BCUT2D eigenvalue weighted by Gasteiger charge is -2.33. The van der Waals surface area contributed by atoms with Crippen molar-refractivity contribution in [1.82, 2.24) is 10.2 Å². The summed E-state index contributed by atoms with van der Waals surface area (Å²) in [5, 5.41) is 3.16. The SMILES string of the molecule is CS(=O)(=O)c1ccc(CNC(=O)C2c3ccccc3C(=O)N2C(c2ccccc2)c2ccccc2)c(Cl)c1. The molecule has 0 spiro atoms. The largest absolute Gasteiger partial charge is 0.350 e. The van der Waals surface area contributed by atoms with Crippen molar-refractivity contribution < 1.29 is 18.0 Å². The number of nitrogens with zero attached hydrogens (tertiary/aromatic N) is 1. The molecule has 0 aromatic heterocycles. The maximum atomic E-state index is 13.8. The predicted molar refractivity (Wildman–Crippen MR) is 146 cm³/mol. The third-order valence-corrected chi connectivity index (χ3v) is 8.12. The van der Waals surface area contributed by atoms with Gasteiger partial charge in [-0.2, -0.15) is 0 Å². The molecule has 192 valence electrons.